The van der Waals surface area contributed by atoms with E-state index in [1.54, 1.807) is 0 Å². The summed E-state index contributed by atoms with van der Waals surface area (Å²) in [5.74, 6) is 0. The highest BCUT2D eigenvalue weighted by molar-refractivity contribution is 5.19. The predicted molar refractivity (Wildman–Crippen MR) is 47.8 cm³/mol. The first-order chi connectivity index (χ1) is 6.82. The van der Waals surface area contributed by atoms with Gasteiger partial charge in [0.15, 0.2) is 0 Å². The Hall–Kier alpha value is -1.14. The molecule has 0 saturated heterocycles. The van der Waals surface area contributed by atoms with Crippen molar-refractivity contribution in [2.24, 2.45) is 5.73 Å². The molecule has 0 aliphatic carbocycles. The van der Waals surface area contributed by atoms with Crippen LogP contribution < -0.4 is 5.73 Å². The molecule has 0 aromatic carbocycles. The maximum atomic E-state index is 12.1. The van der Waals surface area contributed by atoms with Gasteiger partial charge >= 0.3 is 6.18 Å². The number of hydrogen-bond donors (Lipinski definition) is 2. The van der Waals surface area contributed by atoms with Gasteiger partial charge in [-0.2, -0.15) is 13.2 Å². The van der Waals surface area contributed by atoms with Gasteiger partial charge in [0.1, 0.15) is 5.69 Å². The first kappa shape index (κ1) is 11.9. The lowest BCUT2D eigenvalue weighted by atomic mass is 10.1. The van der Waals surface area contributed by atoms with Crippen molar-refractivity contribution in [2.45, 2.75) is 25.2 Å². The number of pyridine rings is 1. The SMILES string of the molecule is C[C@@H](O)[C@H](N)c1ccc(C(F)(F)F)nc1. The van der Waals surface area contributed by atoms with Gasteiger partial charge in [0.05, 0.1) is 12.1 Å². The molecule has 0 fully saturated rings. The fraction of sp³-hybridized carbons (Fsp3) is 0.444. The summed E-state index contributed by atoms with van der Waals surface area (Å²) in [7, 11) is 0. The minimum absolute atomic E-state index is 0.373. The molecule has 1 heterocycles. The fourth-order valence-electron chi connectivity index (χ4n) is 1.05. The van der Waals surface area contributed by atoms with Crippen LogP contribution >= 0.6 is 0 Å². The molecule has 6 heteroatoms. The average molecular weight is 220 g/mol. The Bertz CT molecular complexity index is 321. The molecule has 0 amide bonds. The molecule has 0 radical (unpaired) electrons. The van der Waals surface area contributed by atoms with Gasteiger partial charge in [-0.3, -0.25) is 4.98 Å². The van der Waals surface area contributed by atoms with Crippen molar-refractivity contribution in [2.75, 3.05) is 0 Å². The second kappa shape index (κ2) is 4.16. The van der Waals surface area contributed by atoms with Crippen molar-refractivity contribution >= 4 is 0 Å². The average Bonchev–Trinajstić information content (AvgIpc) is 2.15. The zero-order valence-corrected chi connectivity index (χ0v) is 7.99. The quantitative estimate of drug-likeness (QED) is 0.793. The summed E-state index contributed by atoms with van der Waals surface area (Å²) in [6.07, 6.45) is -4.25. The van der Waals surface area contributed by atoms with Crippen molar-refractivity contribution in [3.63, 3.8) is 0 Å². The third kappa shape index (κ3) is 2.90. The third-order valence-electron chi connectivity index (χ3n) is 1.98. The molecule has 1 aromatic heterocycles. The number of aliphatic hydroxyl groups is 1. The highest BCUT2D eigenvalue weighted by atomic mass is 19.4. The van der Waals surface area contributed by atoms with Crippen molar-refractivity contribution in [1.82, 2.24) is 4.98 Å². The van der Waals surface area contributed by atoms with E-state index in [1.165, 1.54) is 13.0 Å². The molecule has 0 aliphatic rings. The van der Waals surface area contributed by atoms with E-state index in [9.17, 15) is 13.2 Å². The summed E-state index contributed by atoms with van der Waals surface area (Å²) < 4.78 is 36.4. The van der Waals surface area contributed by atoms with Crippen molar-refractivity contribution < 1.29 is 18.3 Å². The minimum atomic E-state index is -4.45. The smallest absolute Gasteiger partial charge is 0.391 e. The van der Waals surface area contributed by atoms with Crippen molar-refractivity contribution in [1.29, 1.82) is 0 Å². The lowest BCUT2D eigenvalue weighted by molar-refractivity contribution is -0.141. The van der Waals surface area contributed by atoms with Crippen LogP contribution in [-0.2, 0) is 6.18 Å². The zero-order valence-electron chi connectivity index (χ0n) is 7.99. The van der Waals surface area contributed by atoms with Crippen LogP contribution in [0.25, 0.3) is 0 Å². The molecular formula is C9H11F3N2O. The summed E-state index contributed by atoms with van der Waals surface area (Å²) in [4.78, 5) is 3.24. The molecule has 3 N–H and O–H groups in total. The van der Waals surface area contributed by atoms with Crippen molar-refractivity contribution in [3.05, 3.63) is 29.6 Å². The Morgan fingerprint density at radius 3 is 2.33 bits per heavy atom. The Labute approximate surface area is 84.7 Å². The van der Waals surface area contributed by atoms with Crippen LogP contribution in [0.1, 0.15) is 24.2 Å². The molecule has 84 valence electrons. The number of nitrogens with two attached hydrogens (primary N) is 1. The third-order valence-corrected chi connectivity index (χ3v) is 1.98. The van der Waals surface area contributed by atoms with Crippen molar-refractivity contribution in [3.8, 4) is 0 Å². The molecular weight excluding hydrogens is 209 g/mol. The van der Waals surface area contributed by atoms with Crippen LogP contribution in [0.5, 0.6) is 0 Å². The van der Waals surface area contributed by atoms with E-state index in [-0.39, 0.29) is 0 Å². The topological polar surface area (TPSA) is 59.1 Å². The summed E-state index contributed by atoms with van der Waals surface area (Å²) in [5, 5.41) is 9.13. The number of hydrogen-bond acceptors (Lipinski definition) is 3. The number of halogens is 3. The van der Waals surface area contributed by atoms with Gasteiger partial charge in [0, 0.05) is 6.20 Å². The van der Waals surface area contributed by atoms with Gasteiger partial charge < -0.3 is 10.8 Å². The van der Waals surface area contributed by atoms with Crippen LogP contribution in [-0.4, -0.2) is 16.2 Å². The highest BCUT2D eigenvalue weighted by Gasteiger charge is 2.32. The number of alkyl halides is 3. The van der Waals surface area contributed by atoms with Gasteiger partial charge in [-0.15, -0.1) is 0 Å². The number of rotatable bonds is 2. The lowest BCUT2D eigenvalue weighted by Gasteiger charge is -2.15. The molecule has 2 atom stereocenters. The summed E-state index contributed by atoms with van der Waals surface area (Å²) in [6, 6.07) is 1.34. The molecule has 1 rings (SSSR count). The van der Waals surface area contributed by atoms with E-state index in [4.69, 9.17) is 10.8 Å². The van der Waals surface area contributed by atoms with Gasteiger partial charge in [-0.25, -0.2) is 0 Å². The zero-order chi connectivity index (χ0) is 11.6. The van der Waals surface area contributed by atoms with Gasteiger partial charge in [0.2, 0.25) is 0 Å². The largest absolute Gasteiger partial charge is 0.433 e. The number of nitrogens with zero attached hydrogens (tertiary/aromatic N) is 1. The summed E-state index contributed by atoms with van der Waals surface area (Å²) in [5.41, 5.74) is 4.93. The van der Waals surface area contributed by atoms with Crippen LogP contribution in [0.2, 0.25) is 0 Å². The number of aliphatic hydroxyl groups excluding tert-OH is 1. The Morgan fingerprint density at radius 2 is 2.00 bits per heavy atom. The number of aromatic nitrogens is 1. The lowest BCUT2D eigenvalue weighted by Crippen LogP contribution is -2.23. The van der Waals surface area contributed by atoms with Crippen LogP contribution in [0, 0.1) is 0 Å². The van der Waals surface area contributed by atoms with Gasteiger partial charge in [-0.1, -0.05) is 6.07 Å². The first-order valence-corrected chi connectivity index (χ1v) is 4.29. The molecule has 15 heavy (non-hydrogen) atoms. The highest BCUT2D eigenvalue weighted by Crippen LogP contribution is 2.27. The molecule has 3 nitrogen and oxygen atoms in total. The predicted octanol–water partition coefficient (Wildman–Crippen LogP) is 1.48. The van der Waals surface area contributed by atoms with E-state index in [2.05, 4.69) is 4.98 Å². The van der Waals surface area contributed by atoms with E-state index in [0.717, 1.165) is 12.3 Å². The van der Waals surface area contributed by atoms with Gasteiger partial charge in [0.25, 0.3) is 0 Å². The summed E-state index contributed by atoms with van der Waals surface area (Å²) >= 11 is 0. The summed E-state index contributed by atoms with van der Waals surface area (Å²) in [6.45, 7) is 1.46. The van der Waals surface area contributed by atoms with E-state index in [0.29, 0.717) is 5.56 Å². The fourth-order valence-corrected chi connectivity index (χ4v) is 1.05. The van der Waals surface area contributed by atoms with E-state index in [1.807, 2.05) is 0 Å². The Morgan fingerprint density at radius 1 is 1.40 bits per heavy atom. The molecule has 0 saturated carbocycles. The molecule has 1 aromatic rings. The van der Waals surface area contributed by atoms with E-state index < -0.39 is 24.0 Å². The molecule has 0 spiro atoms. The molecule has 0 unspecified atom stereocenters. The standard InChI is InChI=1S/C9H11F3N2O/c1-5(15)8(13)6-2-3-7(14-4-6)9(10,11)12/h2-5,8,15H,13H2,1H3/t5-,8+/m1/s1. The van der Waals surface area contributed by atoms with Crippen LogP contribution in [0.4, 0.5) is 13.2 Å². The van der Waals surface area contributed by atoms with Crippen LogP contribution in [0.3, 0.4) is 0 Å². The second-order valence-electron chi connectivity index (χ2n) is 3.24. The normalized spacial score (nSPS) is 16.1. The monoisotopic (exact) mass is 220 g/mol. The minimum Gasteiger partial charge on any atom is -0.391 e. The first-order valence-electron chi connectivity index (χ1n) is 4.29. The second-order valence-corrected chi connectivity index (χ2v) is 3.24. The van der Waals surface area contributed by atoms with Gasteiger partial charge in [-0.05, 0) is 18.6 Å². The maximum Gasteiger partial charge on any atom is 0.433 e. The van der Waals surface area contributed by atoms with E-state index >= 15 is 0 Å². The molecule has 0 bridgehead atoms. The maximum absolute atomic E-state index is 12.1. The Balaban J connectivity index is 2.91. The van der Waals surface area contributed by atoms with Crippen LogP contribution in [0.15, 0.2) is 18.3 Å². The molecule has 0 aliphatic heterocycles. The Kier molecular flexibility index (Phi) is 3.31.